The zero-order valence-electron chi connectivity index (χ0n) is 15.0. The van der Waals surface area contributed by atoms with Crippen molar-refractivity contribution in [2.75, 3.05) is 13.6 Å². The number of hydrogen-bond donors (Lipinski definition) is 1. The standard InChI is InChI=1S/C19H22ClN3O3/c1-13(15-7-9-17(20)10-8-15)21-19(24)12-22(3)14(2)16-5-4-6-18(11-16)23(25)26/h4-11,13-14H,12H2,1-3H3,(H,21,24). The van der Waals surface area contributed by atoms with Gasteiger partial charge in [-0.05, 0) is 44.2 Å². The summed E-state index contributed by atoms with van der Waals surface area (Å²) in [5.41, 5.74) is 1.81. The lowest BCUT2D eigenvalue weighted by atomic mass is 10.1. The number of nitrogens with zero attached hydrogens (tertiary/aromatic N) is 2. The van der Waals surface area contributed by atoms with Gasteiger partial charge in [0.25, 0.3) is 5.69 Å². The molecule has 1 amide bonds. The first kappa shape index (κ1) is 19.9. The summed E-state index contributed by atoms with van der Waals surface area (Å²) in [6.45, 7) is 4.00. The SMILES string of the molecule is CC(NC(=O)CN(C)C(C)c1cccc([N+](=O)[O-])c1)c1ccc(Cl)cc1. The van der Waals surface area contributed by atoms with E-state index in [2.05, 4.69) is 5.32 Å². The maximum atomic E-state index is 12.3. The molecular formula is C19H22ClN3O3. The number of amides is 1. The predicted molar refractivity (Wildman–Crippen MR) is 102 cm³/mol. The number of benzene rings is 2. The molecule has 2 unspecified atom stereocenters. The van der Waals surface area contributed by atoms with Gasteiger partial charge in [-0.3, -0.25) is 19.8 Å². The van der Waals surface area contributed by atoms with Gasteiger partial charge in [-0.25, -0.2) is 0 Å². The third kappa shape index (κ3) is 5.28. The van der Waals surface area contributed by atoms with Gasteiger partial charge in [0.1, 0.15) is 0 Å². The highest BCUT2D eigenvalue weighted by Gasteiger charge is 2.18. The Morgan fingerprint density at radius 1 is 1.19 bits per heavy atom. The summed E-state index contributed by atoms with van der Waals surface area (Å²) < 4.78 is 0. The molecule has 0 radical (unpaired) electrons. The number of rotatable bonds is 7. The fourth-order valence-corrected chi connectivity index (χ4v) is 2.76. The molecule has 7 heteroatoms. The Morgan fingerprint density at radius 3 is 2.46 bits per heavy atom. The number of carbonyl (C=O) groups is 1. The molecule has 0 aromatic heterocycles. The summed E-state index contributed by atoms with van der Waals surface area (Å²) in [5, 5.41) is 14.5. The fourth-order valence-electron chi connectivity index (χ4n) is 2.64. The number of nitro benzene ring substituents is 1. The normalized spacial score (nSPS) is 13.3. The van der Waals surface area contributed by atoms with Crippen LogP contribution in [0.1, 0.15) is 37.1 Å². The van der Waals surface area contributed by atoms with Crippen LogP contribution in [-0.2, 0) is 4.79 Å². The molecule has 0 spiro atoms. The lowest BCUT2D eigenvalue weighted by Crippen LogP contribution is -2.37. The number of non-ortho nitro benzene ring substituents is 1. The lowest BCUT2D eigenvalue weighted by Gasteiger charge is -2.25. The molecule has 2 aromatic rings. The Kier molecular flexibility index (Phi) is 6.71. The Labute approximate surface area is 157 Å². The van der Waals surface area contributed by atoms with Crippen molar-refractivity contribution in [1.82, 2.24) is 10.2 Å². The molecule has 0 aliphatic rings. The van der Waals surface area contributed by atoms with Crippen LogP contribution in [0, 0.1) is 10.1 Å². The topological polar surface area (TPSA) is 75.5 Å². The Morgan fingerprint density at radius 2 is 1.85 bits per heavy atom. The van der Waals surface area contributed by atoms with Gasteiger partial charge >= 0.3 is 0 Å². The van der Waals surface area contributed by atoms with E-state index in [0.717, 1.165) is 11.1 Å². The third-order valence-corrected chi connectivity index (χ3v) is 4.62. The lowest BCUT2D eigenvalue weighted by molar-refractivity contribution is -0.384. The number of carbonyl (C=O) groups excluding carboxylic acids is 1. The summed E-state index contributed by atoms with van der Waals surface area (Å²) in [5.74, 6) is -0.118. The van der Waals surface area contributed by atoms with E-state index in [1.807, 2.05) is 44.0 Å². The molecule has 6 nitrogen and oxygen atoms in total. The number of nitro groups is 1. The van der Waals surface area contributed by atoms with Crippen molar-refractivity contribution in [3.63, 3.8) is 0 Å². The average Bonchev–Trinajstić information content (AvgIpc) is 2.61. The van der Waals surface area contributed by atoms with Crippen molar-refractivity contribution in [2.45, 2.75) is 25.9 Å². The predicted octanol–water partition coefficient (Wildman–Crippen LogP) is 4.12. The second kappa shape index (κ2) is 8.78. The van der Waals surface area contributed by atoms with Gasteiger partial charge in [0.2, 0.25) is 5.91 Å². The zero-order chi connectivity index (χ0) is 19.3. The van der Waals surface area contributed by atoms with Crippen molar-refractivity contribution >= 4 is 23.2 Å². The highest BCUT2D eigenvalue weighted by molar-refractivity contribution is 6.30. The van der Waals surface area contributed by atoms with E-state index >= 15 is 0 Å². The van der Waals surface area contributed by atoms with Gasteiger partial charge in [0.05, 0.1) is 17.5 Å². The van der Waals surface area contributed by atoms with Crippen LogP contribution >= 0.6 is 11.6 Å². The second-order valence-electron chi connectivity index (χ2n) is 6.28. The maximum Gasteiger partial charge on any atom is 0.269 e. The van der Waals surface area contributed by atoms with Gasteiger partial charge in [0, 0.05) is 23.2 Å². The molecule has 0 fully saturated rings. The molecule has 0 bridgehead atoms. The van der Waals surface area contributed by atoms with Gasteiger partial charge in [-0.2, -0.15) is 0 Å². The second-order valence-corrected chi connectivity index (χ2v) is 6.72. The minimum absolute atomic E-state index is 0.0450. The minimum Gasteiger partial charge on any atom is -0.348 e. The Hall–Kier alpha value is -2.44. The van der Waals surface area contributed by atoms with Gasteiger partial charge in [-0.15, -0.1) is 0 Å². The summed E-state index contributed by atoms with van der Waals surface area (Å²) >= 11 is 5.88. The number of likely N-dealkylation sites (N-methyl/N-ethyl adjacent to an activating group) is 1. The molecule has 2 atom stereocenters. The first-order valence-electron chi connectivity index (χ1n) is 8.27. The largest absolute Gasteiger partial charge is 0.348 e. The number of nitrogens with one attached hydrogen (secondary N) is 1. The van der Waals surface area contributed by atoms with Crippen molar-refractivity contribution in [3.8, 4) is 0 Å². The van der Waals surface area contributed by atoms with Crippen LogP contribution in [0.2, 0.25) is 5.02 Å². The van der Waals surface area contributed by atoms with E-state index in [-0.39, 0.29) is 30.2 Å². The van der Waals surface area contributed by atoms with E-state index in [4.69, 9.17) is 11.6 Å². The molecule has 2 rings (SSSR count). The van der Waals surface area contributed by atoms with Crippen molar-refractivity contribution in [1.29, 1.82) is 0 Å². The molecular weight excluding hydrogens is 354 g/mol. The summed E-state index contributed by atoms with van der Waals surface area (Å²) in [6, 6.07) is 13.5. The summed E-state index contributed by atoms with van der Waals surface area (Å²) in [6.07, 6.45) is 0. The first-order chi connectivity index (χ1) is 12.3. The van der Waals surface area contributed by atoms with Crippen LogP contribution in [0.15, 0.2) is 48.5 Å². The van der Waals surface area contributed by atoms with Crippen LogP contribution in [0.25, 0.3) is 0 Å². The summed E-state index contributed by atoms with van der Waals surface area (Å²) in [4.78, 5) is 24.7. The Balaban J connectivity index is 1.96. The zero-order valence-corrected chi connectivity index (χ0v) is 15.7. The van der Waals surface area contributed by atoms with E-state index in [0.29, 0.717) is 5.02 Å². The van der Waals surface area contributed by atoms with Gasteiger partial charge in [0.15, 0.2) is 0 Å². The van der Waals surface area contributed by atoms with E-state index in [1.165, 1.54) is 12.1 Å². The van der Waals surface area contributed by atoms with E-state index in [1.54, 1.807) is 18.2 Å². The highest BCUT2D eigenvalue weighted by atomic mass is 35.5. The molecule has 0 aliphatic heterocycles. The molecule has 0 aliphatic carbocycles. The maximum absolute atomic E-state index is 12.3. The van der Waals surface area contributed by atoms with Crippen LogP contribution in [-0.4, -0.2) is 29.3 Å². The monoisotopic (exact) mass is 375 g/mol. The molecule has 0 heterocycles. The van der Waals surface area contributed by atoms with Crippen LogP contribution in [0.3, 0.4) is 0 Å². The molecule has 2 aromatic carbocycles. The van der Waals surface area contributed by atoms with Gasteiger partial charge < -0.3 is 5.32 Å². The number of hydrogen-bond acceptors (Lipinski definition) is 4. The molecule has 0 saturated carbocycles. The van der Waals surface area contributed by atoms with Gasteiger partial charge in [-0.1, -0.05) is 35.9 Å². The summed E-state index contributed by atoms with van der Waals surface area (Å²) in [7, 11) is 1.82. The van der Waals surface area contributed by atoms with Crippen LogP contribution in [0.4, 0.5) is 5.69 Å². The van der Waals surface area contributed by atoms with E-state index < -0.39 is 4.92 Å². The highest BCUT2D eigenvalue weighted by Crippen LogP contribution is 2.23. The molecule has 0 saturated heterocycles. The smallest absolute Gasteiger partial charge is 0.269 e. The quantitative estimate of drug-likeness (QED) is 0.583. The average molecular weight is 376 g/mol. The van der Waals surface area contributed by atoms with Crippen LogP contribution < -0.4 is 5.32 Å². The number of halogens is 1. The fraction of sp³-hybridized carbons (Fsp3) is 0.316. The third-order valence-electron chi connectivity index (χ3n) is 4.37. The minimum atomic E-state index is -0.420. The van der Waals surface area contributed by atoms with Crippen molar-refractivity contribution in [2.24, 2.45) is 0 Å². The Bertz CT molecular complexity index is 780. The molecule has 138 valence electrons. The van der Waals surface area contributed by atoms with E-state index in [9.17, 15) is 14.9 Å². The first-order valence-corrected chi connectivity index (χ1v) is 8.65. The van der Waals surface area contributed by atoms with Crippen molar-refractivity contribution in [3.05, 3.63) is 74.8 Å². The van der Waals surface area contributed by atoms with Crippen molar-refractivity contribution < 1.29 is 9.72 Å². The molecule has 26 heavy (non-hydrogen) atoms. The molecule has 1 N–H and O–H groups in total. The van der Waals surface area contributed by atoms with Crippen LogP contribution in [0.5, 0.6) is 0 Å².